The molecule has 1 aliphatic heterocycles. The van der Waals surface area contributed by atoms with Crippen LogP contribution in [0.25, 0.3) is 11.1 Å². The Morgan fingerprint density at radius 2 is 0.475 bits per heavy atom. The van der Waals surface area contributed by atoms with Gasteiger partial charge < -0.3 is 123 Å². The fourth-order valence-corrected chi connectivity index (χ4v) is 10.5. The molecule has 0 bridgehead atoms. The molecule has 2 aromatic carbocycles. The second kappa shape index (κ2) is 61.1. The van der Waals surface area contributed by atoms with Crippen molar-refractivity contribution < 1.29 is 123 Å². The molecule has 0 N–H and O–H groups in total. The summed E-state index contributed by atoms with van der Waals surface area (Å²) in [6, 6.07) is 13.4. The second-order valence-corrected chi connectivity index (χ2v) is 24.7. The Balaban J connectivity index is 0.976. The predicted octanol–water partition coefficient (Wildman–Crippen LogP) is 6.23. The van der Waals surface area contributed by atoms with Gasteiger partial charge in [-0.2, -0.15) is 0 Å². The molecule has 1 aliphatic carbocycles. The molecule has 0 spiro atoms. The molecule has 574 valence electrons. The number of benzene rings is 2. The van der Waals surface area contributed by atoms with E-state index in [-0.39, 0.29) is 5.41 Å². The van der Waals surface area contributed by atoms with E-state index in [9.17, 15) is 0 Å². The molecule has 26 nitrogen and oxygen atoms in total. The predicted molar refractivity (Wildman–Crippen MR) is 376 cm³/mol. The molecule has 0 amide bonds. The van der Waals surface area contributed by atoms with E-state index in [0.29, 0.717) is 304 Å². The minimum Gasteiger partial charge on any atom is -0.399 e. The molecule has 1 saturated heterocycles. The van der Waals surface area contributed by atoms with E-state index in [0.717, 1.165) is 35.6 Å². The lowest BCUT2D eigenvalue weighted by molar-refractivity contribution is -0.0281. The number of fused-ring (bicyclic) bond motifs is 3. The third-order valence-electron chi connectivity index (χ3n) is 16.0. The van der Waals surface area contributed by atoms with Crippen LogP contribution >= 0.6 is 15.9 Å². The van der Waals surface area contributed by atoms with Gasteiger partial charge in [-0.3, -0.25) is 0 Å². The van der Waals surface area contributed by atoms with Crippen LogP contribution in [0.4, 0.5) is 0 Å². The van der Waals surface area contributed by atoms with Gasteiger partial charge in [-0.25, -0.2) is 0 Å². The zero-order valence-electron chi connectivity index (χ0n) is 60.9. The minimum absolute atomic E-state index is 0.297. The molecule has 0 unspecified atom stereocenters. The van der Waals surface area contributed by atoms with Gasteiger partial charge in [-0.15, -0.1) is 0 Å². The molecule has 2 aliphatic rings. The highest BCUT2D eigenvalue weighted by Crippen LogP contribution is 2.54. The smallest absolute Gasteiger partial charge is 0.399 e. The zero-order valence-corrected chi connectivity index (χ0v) is 62.5. The van der Waals surface area contributed by atoms with Crippen molar-refractivity contribution in [2.75, 3.05) is 318 Å². The maximum absolute atomic E-state index is 6.58. The Morgan fingerprint density at radius 1 is 0.273 bits per heavy atom. The van der Waals surface area contributed by atoms with E-state index in [1.54, 1.807) is 14.2 Å². The molecule has 0 atom stereocenters. The lowest BCUT2D eigenvalue weighted by Gasteiger charge is -2.33. The van der Waals surface area contributed by atoms with Crippen molar-refractivity contribution in [3.8, 4) is 11.1 Å². The third kappa shape index (κ3) is 42.6. The normalized spacial score (nSPS) is 14.5. The summed E-state index contributed by atoms with van der Waals surface area (Å²) >= 11 is 3.82. The van der Waals surface area contributed by atoms with Crippen LogP contribution in [0.1, 0.15) is 64.5 Å². The van der Waals surface area contributed by atoms with Gasteiger partial charge in [-0.05, 0) is 93.2 Å². The average molecular weight is 1480 g/mol. The summed E-state index contributed by atoms with van der Waals surface area (Å²) in [5, 5.41) is 0. The van der Waals surface area contributed by atoms with Crippen molar-refractivity contribution in [2.24, 2.45) is 0 Å². The number of hydrogen-bond acceptors (Lipinski definition) is 26. The second-order valence-electron chi connectivity index (χ2n) is 23.8. The van der Waals surface area contributed by atoms with Gasteiger partial charge in [0.1, 0.15) is 0 Å². The first kappa shape index (κ1) is 89.3. The van der Waals surface area contributed by atoms with Crippen LogP contribution in [-0.2, 0) is 128 Å². The van der Waals surface area contributed by atoms with E-state index in [1.165, 1.54) is 22.3 Å². The van der Waals surface area contributed by atoms with Gasteiger partial charge in [0.25, 0.3) is 0 Å². The van der Waals surface area contributed by atoms with Gasteiger partial charge in [0.05, 0.1) is 302 Å². The molecule has 99 heavy (non-hydrogen) atoms. The number of halogens is 1. The highest BCUT2D eigenvalue weighted by atomic mass is 79.9. The Kier molecular flexibility index (Phi) is 55.2. The van der Waals surface area contributed by atoms with Gasteiger partial charge in [0, 0.05) is 37.3 Å². The Morgan fingerprint density at radius 3 is 0.707 bits per heavy atom. The minimum atomic E-state index is -0.479. The fourth-order valence-electron chi connectivity index (χ4n) is 10.1. The van der Waals surface area contributed by atoms with Crippen molar-refractivity contribution in [2.45, 2.75) is 70.0 Å². The molecule has 1 heterocycles. The van der Waals surface area contributed by atoms with Crippen molar-refractivity contribution in [3.63, 3.8) is 0 Å². The molecule has 0 aromatic heterocycles. The zero-order chi connectivity index (χ0) is 70.5. The SMILES string of the molecule is COCCOCCOCCOCCOCCOCCOCCOCCOCCOCCOCCOCCCC1(CCCOCCOCCOCCOCCOCCOCCOCCOCCOCCOCCOCCOC)c2cc(Br)ccc2-c2ccc(B3OC(C)(C)C(C)(C)O3)cc21. The first-order valence-electron chi connectivity index (χ1n) is 35.6. The number of hydrogen-bond donors (Lipinski definition) is 0. The van der Waals surface area contributed by atoms with Crippen LogP contribution in [0.15, 0.2) is 40.9 Å². The van der Waals surface area contributed by atoms with Gasteiger partial charge >= 0.3 is 7.12 Å². The molecule has 2 aromatic rings. The van der Waals surface area contributed by atoms with Crippen LogP contribution < -0.4 is 5.46 Å². The number of ether oxygens (including phenoxy) is 24. The maximum Gasteiger partial charge on any atom is 0.494 e. The van der Waals surface area contributed by atoms with Crippen molar-refractivity contribution in [1.82, 2.24) is 0 Å². The van der Waals surface area contributed by atoms with E-state index in [1.807, 2.05) is 0 Å². The van der Waals surface area contributed by atoms with E-state index in [2.05, 4.69) is 80.0 Å². The number of rotatable bonds is 75. The Labute approximate surface area is 600 Å². The van der Waals surface area contributed by atoms with E-state index < -0.39 is 18.3 Å². The molecular weight excluding hydrogens is 1360 g/mol. The summed E-state index contributed by atoms with van der Waals surface area (Å²) in [5.74, 6) is 0. The molecular formula is C71H124BBrO26. The first-order chi connectivity index (χ1) is 48.6. The van der Waals surface area contributed by atoms with E-state index >= 15 is 0 Å². The van der Waals surface area contributed by atoms with Crippen LogP contribution in [0.3, 0.4) is 0 Å². The lowest BCUT2D eigenvalue weighted by atomic mass is 9.69. The standard InChI is InChI=1S/C71H124BBrO26/c1-69(2)70(3,4)99-72(98-69)63-9-11-65-66-12-10-64(73)62-68(66)71(67(65)61-63,13-7-15-76-21-23-80-29-31-84-37-39-88-45-47-92-53-55-96-59-57-94-51-49-90-43-41-86-35-33-82-27-25-78-19-17-74-5)14-8-16-77-22-24-81-30-32-85-38-40-89-46-48-93-54-56-97-60-58-95-52-50-91-44-42-87-36-34-83-28-26-79-20-18-75-6/h9-12,61-62H,7-8,13-60H2,1-6H3. The largest absolute Gasteiger partial charge is 0.494 e. The van der Waals surface area contributed by atoms with Crippen LogP contribution in [-0.4, -0.2) is 336 Å². The van der Waals surface area contributed by atoms with Gasteiger partial charge in [-0.1, -0.05) is 40.2 Å². The topological polar surface area (TPSA) is 240 Å². The monoisotopic (exact) mass is 1480 g/mol. The van der Waals surface area contributed by atoms with Crippen molar-refractivity contribution >= 4 is 28.5 Å². The van der Waals surface area contributed by atoms with Crippen molar-refractivity contribution in [1.29, 1.82) is 0 Å². The Hall–Kier alpha value is -2.06. The summed E-state index contributed by atoms with van der Waals surface area (Å²) < 4.78 is 148. The van der Waals surface area contributed by atoms with Crippen LogP contribution in [0, 0.1) is 0 Å². The summed E-state index contributed by atoms with van der Waals surface area (Å²) in [7, 11) is 2.81. The van der Waals surface area contributed by atoms with E-state index in [4.69, 9.17) is 123 Å². The van der Waals surface area contributed by atoms with Crippen LogP contribution in [0.5, 0.6) is 0 Å². The molecule has 4 rings (SSSR count). The lowest BCUT2D eigenvalue weighted by Crippen LogP contribution is -2.41. The number of methoxy groups -OCH3 is 2. The van der Waals surface area contributed by atoms with Gasteiger partial charge in [0.15, 0.2) is 0 Å². The van der Waals surface area contributed by atoms with Crippen molar-refractivity contribution in [3.05, 3.63) is 52.0 Å². The summed E-state index contributed by atoms with van der Waals surface area (Å²) in [5.41, 5.74) is 4.87. The Bertz CT molecular complexity index is 2070. The summed E-state index contributed by atoms with van der Waals surface area (Å²) in [4.78, 5) is 0. The van der Waals surface area contributed by atoms with Gasteiger partial charge in [0.2, 0.25) is 0 Å². The molecule has 28 heteroatoms. The van der Waals surface area contributed by atoms with Crippen LogP contribution in [0.2, 0.25) is 0 Å². The summed E-state index contributed by atoms with van der Waals surface area (Å²) in [6.07, 6.45) is 3.45. The third-order valence-corrected chi connectivity index (χ3v) is 16.5. The maximum atomic E-state index is 6.58. The highest BCUT2D eigenvalue weighted by molar-refractivity contribution is 9.10. The first-order valence-corrected chi connectivity index (χ1v) is 36.4. The molecule has 0 saturated carbocycles. The quantitative estimate of drug-likeness (QED) is 0.0526. The molecule has 1 fully saturated rings. The average Bonchev–Trinajstić information content (AvgIpc) is 1.56. The highest BCUT2D eigenvalue weighted by Gasteiger charge is 2.52. The fraction of sp³-hybridized carbons (Fsp3) is 0.831. The summed E-state index contributed by atoms with van der Waals surface area (Å²) in [6.45, 7) is 31.7. The molecule has 0 radical (unpaired) electrons.